The number of hydrogen-bond donors (Lipinski definition) is 2. The van der Waals surface area contributed by atoms with Crippen molar-refractivity contribution in [3.8, 4) is 0 Å². The van der Waals surface area contributed by atoms with Crippen LogP contribution in [0.15, 0.2) is 0 Å². The fourth-order valence-electron chi connectivity index (χ4n) is 0.708. The molecule has 0 spiro atoms. The second kappa shape index (κ2) is 8.74. The third-order valence-corrected chi connectivity index (χ3v) is 1.70. The Labute approximate surface area is 79.9 Å². The highest BCUT2D eigenvalue weighted by atomic mass is 32.1. The molecule has 0 aromatic heterocycles. The number of hydrogen-bond acceptors (Lipinski definition) is 2. The Bertz CT molecular complexity index is 108. The number of nitrogens with one attached hydrogen (secondary N) is 2. The summed E-state index contributed by atoms with van der Waals surface area (Å²) >= 11 is 5.00. The summed E-state index contributed by atoms with van der Waals surface area (Å²) in [7, 11) is 1.68. The summed E-state index contributed by atoms with van der Waals surface area (Å²) in [5, 5.41) is 6.87. The minimum absolute atomic E-state index is 0.690. The third-order valence-electron chi connectivity index (χ3n) is 1.41. The lowest BCUT2D eigenvalue weighted by molar-refractivity contribution is 0.204. The minimum atomic E-state index is 0.690. The first kappa shape index (κ1) is 11.6. The van der Waals surface area contributed by atoms with Gasteiger partial charge in [-0.3, -0.25) is 0 Å². The Hall–Kier alpha value is -0.350. The molecule has 0 radical (unpaired) electrons. The average molecular weight is 190 g/mol. The van der Waals surface area contributed by atoms with Crippen molar-refractivity contribution in [1.82, 2.24) is 10.6 Å². The summed E-state index contributed by atoms with van der Waals surface area (Å²) in [4.78, 5) is 0. The van der Waals surface area contributed by atoms with Gasteiger partial charge in [-0.15, -0.1) is 0 Å². The zero-order valence-corrected chi connectivity index (χ0v) is 8.67. The molecule has 0 aliphatic carbocycles. The molecule has 12 heavy (non-hydrogen) atoms. The molecule has 0 rings (SSSR count). The van der Waals surface area contributed by atoms with E-state index in [-0.39, 0.29) is 0 Å². The third kappa shape index (κ3) is 7.75. The standard InChI is InChI=1S/C8H18N2OS/c1-3-4-5-9-8(12)10-6-7-11-2/h3-7H2,1-2H3,(H2,9,10,12). The van der Waals surface area contributed by atoms with E-state index in [0.717, 1.165) is 24.6 Å². The van der Waals surface area contributed by atoms with E-state index in [1.165, 1.54) is 6.42 Å². The van der Waals surface area contributed by atoms with Gasteiger partial charge in [-0.25, -0.2) is 0 Å². The summed E-state index contributed by atoms with van der Waals surface area (Å²) in [6, 6.07) is 0. The molecule has 0 saturated carbocycles. The highest BCUT2D eigenvalue weighted by Gasteiger charge is 1.91. The number of unbranched alkanes of at least 4 members (excludes halogenated alkanes) is 1. The van der Waals surface area contributed by atoms with E-state index in [9.17, 15) is 0 Å². The Morgan fingerprint density at radius 2 is 2.00 bits per heavy atom. The fraction of sp³-hybridized carbons (Fsp3) is 0.875. The van der Waals surface area contributed by atoms with Crippen LogP contribution in [0.2, 0.25) is 0 Å². The maximum atomic E-state index is 5.00. The molecule has 0 aromatic rings. The van der Waals surface area contributed by atoms with Crippen molar-refractivity contribution in [3.05, 3.63) is 0 Å². The summed E-state index contributed by atoms with van der Waals surface area (Å²) < 4.78 is 4.87. The van der Waals surface area contributed by atoms with E-state index < -0.39 is 0 Å². The predicted octanol–water partition coefficient (Wildman–Crippen LogP) is 0.897. The van der Waals surface area contributed by atoms with Crippen molar-refractivity contribution in [1.29, 1.82) is 0 Å². The topological polar surface area (TPSA) is 33.3 Å². The maximum absolute atomic E-state index is 5.00. The zero-order chi connectivity index (χ0) is 9.23. The van der Waals surface area contributed by atoms with Crippen LogP contribution in [0.3, 0.4) is 0 Å². The van der Waals surface area contributed by atoms with Gasteiger partial charge in [0.1, 0.15) is 0 Å². The average Bonchev–Trinajstić information content (AvgIpc) is 2.06. The van der Waals surface area contributed by atoms with Gasteiger partial charge in [0.25, 0.3) is 0 Å². The van der Waals surface area contributed by atoms with Crippen molar-refractivity contribution in [2.45, 2.75) is 19.8 Å². The van der Waals surface area contributed by atoms with Gasteiger partial charge in [0, 0.05) is 20.2 Å². The lowest BCUT2D eigenvalue weighted by atomic mass is 10.3. The number of rotatable bonds is 6. The van der Waals surface area contributed by atoms with E-state index in [4.69, 9.17) is 17.0 Å². The van der Waals surface area contributed by atoms with Crippen LogP contribution in [0.25, 0.3) is 0 Å². The van der Waals surface area contributed by atoms with Gasteiger partial charge in [-0.2, -0.15) is 0 Å². The molecule has 2 N–H and O–H groups in total. The van der Waals surface area contributed by atoms with Crippen LogP contribution in [-0.4, -0.2) is 31.9 Å². The van der Waals surface area contributed by atoms with E-state index in [1.54, 1.807) is 7.11 Å². The first-order valence-electron chi connectivity index (χ1n) is 4.32. The van der Waals surface area contributed by atoms with Gasteiger partial charge in [0.15, 0.2) is 5.11 Å². The molecule has 3 nitrogen and oxygen atoms in total. The van der Waals surface area contributed by atoms with Crippen LogP contribution >= 0.6 is 12.2 Å². The van der Waals surface area contributed by atoms with E-state index in [0.29, 0.717) is 6.61 Å². The summed E-state index contributed by atoms with van der Waals surface area (Å²) in [5.41, 5.74) is 0. The smallest absolute Gasteiger partial charge is 0.166 e. The lowest BCUT2D eigenvalue weighted by Crippen LogP contribution is -2.37. The van der Waals surface area contributed by atoms with Crippen molar-refractivity contribution in [3.63, 3.8) is 0 Å². The van der Waals surface area contributed by atoms with E-state index in [1.807, 2.05) is 0 Å². The number of thiocarbonyl (C=S) groups is 1. The molecule has 72 valence electrons. The van der Waals surface area contributed by atoms with E-state index in [2.05, 4.69) is 17.6 Å². The zero-order valence-electron chi connectivity index (χ0n) is 7.85. The first-order chi connectivity index (χ1) is 5.81. The highest BCUT2D eigenvalue weighted by molar-refractivity contribution is 7.80. The molecule has 0 atom stereocenters. The Morgan fingerprint density at radius 1 is 1.33 bits per heavy atom. The number of ether oxygens (including phenoxy) is 1. The van der Waals surface area contributed by atoms with Gasteiger partial charge < -0.3 is 15.4 Å². The van der Waals surface area contributed by atoms with Gasteiger partial charge in [-0.05, 0) is 18.6 Å². The molecule has 0 unspecified atom stereocenters. The largest absolute Gasteiger partial charge is 0.383 e. The second-order valence-electron chi connectivity index (χ2n) is 2.53. The molecule has 0 aliphatic rings. The molecular weight excluding hydrogens is 172 g/mol. The van der Waals surface area contributed by atoms with E-state index >= 15 is 0 Å². The van der Waals surface area contributed by atoms with Crippen molar-refractivity contribution in [2.24, 2.45) is 0 Å². The van der Waals surface area contributed by atoms with Crippen LogP contribution in [0.5, 0.6) is 0 Å². The Morgan fingerprint density at radius 3 is 2.58 bits per heavy atom. The van der Waals surface area contributed by atoms with Crippen molar-refractivity contribution < 1.29 is 4.74 Å². The first-order valence-corrected chi connectivity index (χ1v) is 4.72. The normalized spacial score (nSPS) is 9.50. The Balaban J connectivity index is 3.10. The summed E-state index contributed by atoms with van der Waals surface area (Å²) in [6.07, 6.45) is 2.35. The quantitative estimate of drug-likeness (QED) is 0.481. The van der Waals surface area contributed by atoms with Crippen molar-refractivity contribution in [2.75, 3.05) is 26.8 Å². The predicted molar refractivity (Wildman–Crippen MR) is 55.4 cm³/mol. The van der Waals surface area contributed by atoms with Gasteiger partial charge in [-0.1, -0.05) is 13.3 Å². The van der Waals surface area contributed by atoms with Crippen LogP contribution in [0.4, 0.5) is 0 Å². The van der Waals surface area contributed by atoms with Crippen LogP contribution in [-0.2, 0) is 4.74 Å². The Kier molecular flexibility index (Phi) is 8.49. The molecule has 0 aromatic carbocycles. The summed E-state index contributed by atoms with van der Waals surface area (Å²) in [6.45, 7) is 4.57. The molecule has 0 saturated heterocycles. The SMILES string of the molecule is CCCCNC(=S)NCCOC. The van der Waals surface area contributed by atoms with Gasteiger partial charge in [0.05, 0.1) is 6.61 Å². The van der Waals surface area contributed by atoms with Crippen LogP contribution < -0.4 is 10.6 Å². The highest BCUT2D eigenvalue weighted by Crippen LogP contribution is 1.81. The molecule has 0 fully saturated rings. The van der Waals surface area contributed by atoms with Crippen LogP contribution in [0.1, 0.15) is 19.8 Å². The molecule has 0 heterocycles. The maximum Gasteiger partial charge on any atom is 0.166 e. The summed E-state index contributed by atoms with van der Waals surface area (Å²) in [5.74, 6) is 0. The molecule has 0 amide bonds. The number of methoxy groups -OCH3 is 1. The lowest BCUT2D eigenvalue weighted by Gasteiger charge is -2.08. The van der Waals surface area contributed by atoms with Crippen LogP contribution in [0, 0.1) is 0 Å². The molecular formula is C8H18N2OS. The molecule has 0 bridgehead atoms. The molecule has 0 aliphatic heterocycles. The van der Waals surface area contributed by atoms with Gasteiger partial charge in [0.2, 0.25) is 0 Å². The van der Waals surface area contributed by atoms with Gasteiger partial charge >= 0.3 is 0 Å². The second-order valence-corrected chi connectivity index (χ2v) is 2.94. The minimum Gasteiger partial charge on any atom is -0.383 e. The fourth-order valence-corrected chi connectivity index (χ4v) is 0.912. The molecule has 4 heteroatoms. The monoisotopic (exact) mass is 190 g/mol. The van der Waals surface area contributed by atoms with Crippen molar-refractivity contribution >= 4 is 17.3 Å².